The molecule has 3 heteroatoms. The number of aromatic hydroxyl groups is 1. The smallest absolute Gasteiger partial charge is 0.131 e. The Kier molecular flexibility index (Phi) is 2.65. The van der Waals surface area contributed by atoms with Crippen molar-refractivity contribution in [1.29, 1.82) is 0 Å². The highest BCUT2D eigenvalue weighted by molar-refractivity contribution is 5.35. The monoisotopic (exact) mass is 169 g/mol. The lowest BCUT2D eigenvalue weighted by Gasteiger charge is -2.12. The molecule has 0 aliphatic rings. The van der Waals surface area contributed by atoms with Gasteiger partial charge in [0.15, 0.2) is 0 Å². The number of phenols is 1. The number of hydrogen-bond donors (Lipinski definition) is 2. The van der Waals surface area contributed by atoms with Crippen LogP contribution in [0, 0.1) is 5.82 Å². The Bertz CT molecular complexity index is 255. The molecule has 1 rings (SSSR count). The van der Waals surface area contributed by atoms with E-state index in [1.807, 2.05) is 0 Å². The van der Waals surface area contributed by atoms with Gasteiger partial charge in [-0.25, -0.2) is 4.39 Å². The maximum absolute atomic E-state index is 13.1. The Morgan fingerprint density at radius 2 is 2.17 bits per heavy atom. The van der Waals surface area contributed by atoms with Gasteiger partial charge in [-0.2, -0.15) is 0 Å². The summed E-state index contributed by atoms with van der Waals surface area (Å²) in [5.41, 5.74) is 0.319. The molecule has 0 spiro atoms. The quantitative estimate of drug-likeness (QED) is 0.707. The van der Waals surface area contributed by atoms with Gasteiger partial charge in [0.25, 0.3) is 0 Å². The molecule has 0 amide bonds. The van der Waals surface area contributed by atoms with E-state index in [-0.39, 0.29) is 17.6 Å². The molecule has 0 radical (unpaired) electrons. The van der Waals surface area contributed by atoms with Crippen molar-refractivity contribution in [2.75, 3.05) is 7.05 Å². The van der Waals surface area contributed by atoms with Crippen LogP contribution in [-0.2, 0) is 0 Å². The molecule has 2 nitrogen and oxygen atoms in total. The number of phenolic OH excluding ortho intramolecular Hbond substituents is 1. The molecule has 0 aliphatic carbocycles. The first-order chi connectivity index (χ1) is 5.66. The summed E-state index contributed by atoms with van der Waals surface area (Å²) in [6.07, 6.45) is 0. The predicted octanol–water partition coefficient (Wildman–Crippen LogP) is 1.81. The first-order valence-corrected chi connectivity index (χ1v) is 3.81. The molecule has 0 aromatic heterocycles. The fraction of sp³-hybridized carbons (Fsp3) is 0.333. The van der Waals surface area contributed by atoms with Gasteiger partial charge >= 0.3 is 0 Å². The predicted molar refractivity (Wildman–Crippen MR) is 45.5 cm³/mol. The number of nitrogens with one attached hydrogen (secondary N) is 1. The largest absolute Gasteiger partial charge is 0.508 e. The van der Waals surface area contributed by atoms with E-state index in [1.165, 1.54) is 18.2 Å². The fourth-order valence-electron chi connectivity index (χ4n) is 1.10. The Morgan fingerprint density at radius 3 is 2.67 bits per heavy atom. The molecule has 0 saturated carbocycles. The van der Waals surface area contributed by atoms with Crippen LogP contribution >= 0.6 is 0 Å². The van der Waals surface area contributed by atoms with Gasteiger partial charge in [-0.05, 0) is 26.1 Å². The number of halogens is 1. The minimum Gasteiger partial charge on any atom is -0.508 e. The van der Waals surface area contributed by atoms with Crippen molar-refractivity contribution < 1.29 is 9.50 Å². The molecule has 12 heavy (non-hydrogen) atoms. The minimum atomic E-state index is -0.378. The van der Waals surface area contributed by atoms with Crippen LogP contribution in [0.3, 0.4) is 0 Å². The summed E-state index contributed by atoms with van der Waals surface area (Å²) in [6, 6.07) is 4.12. The molecular weight excluding hydrogens is 157 g/mol. The average Bonchev–Trinajstić information content (AvgIpc) is 2.03. The third kappa shape index (κ3) is 1.56. The van der Waals surface area contributed by atoms with Gasteiger partial charge in [-0.3, -0.25) is 0 Å². The Hall–Kier alpha value is -1.09. The van der Waals surface area contributed by atoms with E-state index in [2.05, 4.69) is 5.32 Å². The van der Waals surface area contributed by atoms with Crippen LogP contribution in [0.1, 0.15) is 18.5 Å². The molecule has 2 N–H and O–H groups in total. The number of benzene rings is 1. The Balaban J connectivity index is 3.12. The highest BCUT2D eigenvalue weighted by atomic mass is 19.1. The molecule has 0 fully saturated rings. The lowest BCUT2D eigenvalue weighted by molar-refractivity contribution is 0.444. The van der Waals surface area contributed by atoms with Gasteiger partial charge in [0.1, 0.15) is 11.6 Å². The van der Waals surface area contributed by atoms with Crippen molar-refractivity contribution in [3.8, 4) is 5.75 Å². The van der Waals surface area contributed by atoms with E-state index in [4.69, 9.17) is 0 Å². The van der Waals surface area contributed by atoms with Gasteiger partial charge in [-0.15, -0.1) is 0 Å². The lowest BCUT2D eigenvalue weighted by atomic mass is 10.1. The van der Waals surface area contributed by atoms with Crippen molar-refractivity contribution in [2.24, 2.45) is 0 Å². The Morgan fingerprint density at radius 1 is 1.50 bits per heavy atom. The first kappa shape index (κ1) is 9.00. The van der Waals surface area contributed by atoms with E-state index < -0.39 is 0 Å². The van der Waals surface area contributed by atoms with Crippen molar-refractivity contribution in [3.63, 3.8) is 0 Å². The summed E-state index contributed by atoms with van der Waals surface area (Å²) >= 11 is 0. The van der Waals surface area contributed by atoms with Crippen LogP contribution in [0.25, 0.3) is 0 Å². The van der Waals surface area contributed by atoms with Crippen LogP contribution < -0.4 is 5.32 Å². The fourth-order valence-corrected chi connectivity index (χ4v) is 1.10. The summed E-state index contributed by atoms with van der Waals surface area (Å²) in [7, 11) is 1.72. The second-order valence-corrected chi connectivity index (χ2v) is 2.68. The van der Waals surface area contributed by atoms with Gasteiger partial charge in [0.2, 0.25) is 0 Å². The van der Waals surface area contributed by atoms with E-state index in [0.717, 1.165) is 0 Å². The second kappa shape index (κ2) is 3.54. The van der Waals surface area contributed by atoms with Gasteiger partial charge in [0, 0.05) is 11.6 Å². The lowest BCUT2D eigenvalue weighted by Crippen LogP contribution is -2.13. The molecule has 1 aromatic rings. The summed E-state index contributed by atoms with van der Waals surface area (Å²) in [6.45, 7) is 1.79. The first-order valence-electron chi connectivity index (χ1n) is 3.81. The standard InChI is InChI=1S/C9H12FNO/c1-6(11-2)9-7(10)4-3-5-8(9)12/h3-6,11-12H,1-2H3/t6-/m1/s1. The summed E-state index contributed by atoms with van der Waals surface area (Å²) in [4.78, 5) is 0. The molecule has 66 valence electrons. The maximum atomic E-state index is 13.1. The molecule has 0 saturated heterocycles. The van der Waals surface area contributed by atoms with E-state index >= 15 is 0 Å². The van der Waals surface area contributed by atoms with Crippen LogP contribution in [0.5, 0.6) is 5.75 Å². The zero-order valence-electron chi connectivity index (χ0n) is 7.13. The third-order valence-electron chi connectivity index (χ3n) is 1.90. The normalized spacial score (nSPS) is 12.9. The van der Waals surface area contributed by atoms with Crippen molar-refractivity contribution in [2.45, 2.75) is 13.0 Å². The third-order valence-corrected chi connectivity index (χ3v) is 1.90. The summed E-state index contributed by atoms with van der Waals surface area (Å²) in [5, 5.41) is 12.2. The van der Waals surface area contributed by atoms with Crippen LogP contribution in [-0.4, -0.2) is 12.2 Å². The highest BCUT2D eigenvalue weighted by Gasteiger charge is 2.12. The zero-order chi connectivity index (χ0) is 9.14. The van der Waals surface area contributed by atoms with Gasteiger partial charge in [0.05, 0.1) is 0 Å². The summed E-state index contributed by atoms with van der Waals surface area (Å²) < 4.78 is 13.1. The van der Waals surface area contributed by atoms with Crippen molar-refractivity contribution >= 4 is 0 Å². The Labute approximate surface area is 71.0 Å². The number of hydrogen-bond acceptors (Lipinski definition) is 2. The molecule has 0 unspecified atom stereocenters. The molecular formula is C9H12FNO. The average molecular weight is 169 g/mol. The SMILES string of the molecule is CN[C@H](C)c1c(O)cccc1F. The van der Waals surface area contributed by atoms with Gasteiger partial charge in [-0.1, -0.05) is 6.07 Å². The molecule has 1 aromatic carbocycles. The number of rotatable bonds is 2. The maximum Gasteiger partial charge on any atom is 0.131 e. The molecule has 0 heterocycles. The zero-order valence-corrected chi connectivity index (χ0v) is 7.13. The topological polar surface area (TPSA) is 32.3 Å². The molecule has 1 atom stereocenters. The van der Waals surface area contributed by atoms with Crippen LogP contribution in [0.2, 0.25) is 0 Å². The van der Waals surface area contributed by atoms with Crippen molar-refractivity contribution in [3.05, 3.63) is 29.6 Å². The molecule has 0 aliphatic heterocycles. The van der Waals surface area contributed by atoms with Crippen LogP contribution in [0.15, 0.2) is 18.2 Å². The van der Waals surface area contributed by atoms with E-state index in [9.17, 15) is 9.50 Å². The summed E-state index contributed by atoms with van der Waals surface area (Å²) in [5.74, 6) is -0.381. The van der Waals surface area contributed by atoms with Crippen molar-refractivity contribution in [1.82, 2.24) is 5.32 Å². The molecule has 0 bridgehead atoms. The van der Waals surface area contributed by atoms with E-state index in [0.29, 0.717) is 5.56 Å². The second-order valence-electron chi connectivity index (χ2n) is 2.68. The van der Waals surface area contributed by atoms with E-state index in [1.54, 1.807) is 14.0 Å². The van der Waals surface area contributed by atoms with Gasteiger partial charge < -0.3 is 10.4 Å². The highest BCUT2D eigenvalue weighted by Crippen LogP contribution is 2.25. The minimum absolute atomic E-state index is 0.00292. The van der Waals surface area contributed by atoms with Crippen LogP contribution in [0.4, 0.5) is 4.39 Å².